The minimum atomic E-state index is -3.81. The number of imidazole rings is 3. The normalized spacial score (nSPS) is 17.8. The lowest BCUT2D eigenvalue weighted by atomic mass is 10.0. The third kappa shape index (κ3) is 24.8. The first-order valence-electron chi connectivity index (χ1n) is 47.9. The average molecular weight is 1970 g/mol. The van der Waals surface area contributed by atoms with Crippen LogP contribution in [0.3, 0.4) is 0 Å². The molecule has 3 unspecified atom stereocenters. The molecule has 0 spiro atoms. The minimum Gasteiger partial charge on any atom is -0.491 e. The van der Waals surface area contributed by atoms with Crippen LogP contribution in [0.5, 0.6) is 5.75 Å². The molecule has 0 saturated carbocycles. The lowest BCUT2D eigenvalue weighted by Crippen LogP contribution is -2.47. The van der Waals surface area contributed by atoms with Crippen molar-refractivity contribution in [1.82, 2.24) is 81.0 Å². The van der Waals surface area contributed by atoms with E-state index in [1.165, 1.54) is 17.5 Å². The van der Waals surface area contributed by atoms with Gasteiger partial charge in [-0.05, 0) is 117 Å². The van der Waals surface area contributed by atoms with Crippen LogP contribution >= 0.6 is 0 Å². The van der Waals surface area contributed by atoms with E-state index < -0.39 is 63.9 Å². The van der Waals surface area contributed by atoms with Crippen LogP contribution in [0.25, 0.3) is 33.8 Å². The molecule has 10 aromatic rings. The van der Waals surface area contributed by atoms with E-state index in [0.717, 1.165) is 16.7 Å². The van der Waals surface area contributed by atoms with E-state index in [2.05, 4.69) is 26.0 Å². The van der Waals surface area contributed by atoms with Crippen LogP contribution in [0.4, 0.5) is 0 Å². The zero-order chi connectivity index (χ0) is 97.7. The minimum absolute atomic E-state index is 0.00170. The van der Waals surface area contributed by atoms with Gasteiger partial charge in [-0.1, -0.05) is 185 Å². The Labute approximate surface area is 808 Å². The number of ether oxygens (including phenoxy) is 2. The summed E-state index contributed by atoms with van der Waals surface area (Å²) >= 11 is 0. The van der Waals surface area contributed by atoms with Gasteiger partial charge in [-0.3, -0.25) is 46.6 Å². The molecule has 3 aromatic heterocycles. The third-order valence-corrected chi connectivity index (χ3v) is 32.9. The number of piperidine rings is 3. The molecule has 5 N–H and O–H groups in total. The Kier molecular flexibility index (Phi) is 35.4. The molecule has 0 bridgehead atoms. The molecule has 0 aliphatic carbocycles. The fourth-order valence-electron chi connectivity index (χ4n) is 18.9. The third-order valence-electron chi connectivity index (χ3n) is 25.5. The summed E-state index contributed by atoms with van der Waals surface area (Å²) < 4.78 is 134. The predicted molar refractivity (Wildman–Crippen MR) is 530 cm³/mol. The highest BCUT2D eigenvalue weighted by atomic mass is 32.2. The molecular weight excluding hydrogens is 1840 g/mol. The monoisotopic (exact) mass is 1970 g/mol. The van der Waals surface area contributed by atoms with Crippen molar-refractivity contribution in [1.29, 1.82) is 0 Å². The Bertz CT molecular complexity index is 6460. The number of methoxy groups -OCH3 is 1. The van der Waals surface area contributed by atoms with Crippen LogP contribution in [0, 0.1) is 11.8 Å². The summed E-state index contributed by atoms with van der Waals surface area (Å²) in [5.74, 6) is 0.0705. The standard InChI is InChI=1S/C35H41N5O6S.C33H44N6O5S.C32H44N6O6S2/c1-45-22-23-46-30-14-8-10-27(24-30)25-39-33(34(41)37-20-17-36-18-21-37)32(28-11-4-2-5-12-28)40(35(39)42)29-13-9-19-38(26-29)47(43,44)31-15-6-3-7-16-31;1-25(2)23-29(40)35-16-10-20-38-31(32(41)36-21-17-34-18-22-36)30(26-11-5-3-6-12-26)39(33(38)42)27-13-9-19-37(24-27)45(43,44)28-14-7-4-8-15-28;1-25(2)24-45(41,42)34-16-10-20-37-30(31(39)35-21-17-33-18-22-35)29(26-11-5-3-6-12-26)38(32(37)40)27-13-9-19-36(23-27)46(43,44)28-14-7-4-8-15-28/h2-8,10-12,14-16,24,29,36H,9,13,17-23,25-26H2,1H3;3-8,11-12,14-15,25,27,34H,9-10,13,16-24H2,1-2H3,(H,35,40);3-8,11-12,14-15,25,27,33-34H,9-10,13,16-24H2,1-2H3. The average Bonchev–Trinajstić information content (AvgIpc) is 1.60. The molecule has 0 radical (unpaired) electrons. The smallest absolute Gasteiger partial charge is 0.329 e. The van der Waals surface area contributed by atoms with Gasteiger partial charge in [0.25, 0.3) is 17.7 Å². The molecular formula is C100H129N17O17S4. The molecule has 9 heterocycles. The molecule has 6 saturated heterocycles. The molecule has 16 rings (SSSR count). The number of sulfonamides is 4. The Hall–Kier alpha value is -11.3. The summed E-state index contributed by atoms with van der Waals surface area (Å²) in [6.07, 6.45) is 4.61. The number of rotatable bonds is 34. The Balaban J connectivity index is 0.000000165. The number of benzene rings is 7. The topological polar surface area (TPSA) is 384 Å². The van der Waals surface area contributed by atoms with Crippen molar-refractivity contribution in [3.8, 4) is 39.5 Å². The maximum atomic E-state index is 14.7. The molecule has 740 valence electrons. The maximum absolute atomic E-state index is 14.7. The van der Waals surface area contributed by atoms with Crippen molar-refractivity contribution in [3.05, 3.63) is 260 Å². The molecule has 6 aliphatic rings. The van der Waals surface area contributed by atoms with Crippen LogP contribution in [-0.4, -0.2) is 269 Å². The number of carbonyl (C=O) groups is 4. The summed E-state index contributed by atoms with van der Waals surface area (Å²) in [5.41, 5.74) is 4.15. The van der Waals surface area contributed by atoms with E-state index >= 15 is 0 Å². The molecule has 138 heavy (non-hydrogen) atoms. The molecule has 7 aromatic carbocycles. The number of nitrogens with one attached hydrogen (secondary N) is 5. The number of amides is 4. The van der Waals surface area contributed by atoms with E-state index in [9.17, 15) is 67.2 Å². The van der Waals surface area contributed by atoms with Crippen molar-refractivity contribution < 1.29 is 62.3 Å². The summed E-state index contributed by atoms with van der Waals surface area (Å²) in [5, 5.41) is 12.8. The van der Waals surface area contributed by atoms with Crippen molar-refractivity contribution in [2.45, 2.75) is 138 Å². The summed E-state index contributed by atoms with van der Waals surface area (Å²) in [7, 11) is -13.2. The highest BCUT2D eigenvalue weighted by Crippen LogP contribution is 2.38. The quantitative estimate of drug-likeness (QED) is 0.0235. The fraction of sp³-hybridized carbons (Fsp3) is 0.450. The molecule has 6 fully saturated rings. The maximum Gasteiger partial charge on any atom is 0.329 e. The highest BCUT2D eigenvalue weighted by Gasteiger charge is 2.42. The number of piperazine rings is 3. The van der Waals surface area contributed by atoms with Crippen LogP contribution in [-0.2, 0) is 69.3 Å². The van der Waals surface area contributed by atoms with Gasteiger partial charge in [0.05, 0.1) is 68.8 Å². The van der Waals surface area contributed by atoms with Crippen molar-refractivity contribution in [2.24, 2.45) is 11.8 Å². The second-order valence-corrected chi connectivity index (χ2v) is 44.0. The van der Waals surface area contributed by atoms with Crippen molar-refractivity contribution in [3.63, 3.8) is 0 Å². The number of carbonyl (C=O) groups excluding carboxylic acids is 4. The molecule has 4 amide bonds. The largest absolute Gasteiger partial charge is 0.491 e. The highest BCUT2D eigenvalue weighted by molar-refractivity contribution is 7.90. The van der Waals surface area contributed by atoms with E-state index in [-0.39, 0.29) is 125 Å². The Morgan fingerprint density at radius 2 is 0.746 bits per heavy atom. The SMILES string of the molecule is CC(C)CC(=O)NCCCn1c(C(=O)N2CCNCC2)c(-c2ccccc2)n(C2CCCN(S(=O)(=O)c3ccccc3)C2)c1=O.CC(C)CS(=O)(=O)NCCCn1c(C(=O)N2CCNCC2)c(-c2ccccc2)n(C2CCCN(S(=O)(=O)c3ccccc3)C2)c1=O.COCCOc1cccc(Cn2c(C(=O)N3CCNCC3)c(-c3ccccc3)n(C3CCCN(S(=O)(=O)c4ccccc4)C3)c2=O)c1. The van der Waals surface area contributed by atoms with Crippen LogP contribution in [0.2, 0.25) is 0 Å². The van der Waals surface area contributed by atoms with Crippen molar-refractivity contribution in [2.75, 3.05) is 157 Å². The van der Waals surface area contributed by atoms with E-state index in [4.69, 9.17) is 9.47 Å². The second kappa shape index (κ2) is 47.6. The van der Waals surface area contributed by atoms with Gasteiger partial charge in [0.15, 0.2) is 0 Å². The second-order valence-electron chi connectivity index (χ2n) is 36.3. The lowest BCUT2D eigenvalue weighted by Gasteiger charge is -2.33. The van der Waals surface area contributed by atoms with Gasteiger partial charge in [-0.25, -0.2) is 52.8 Å². The number of nitrogens with zero attached hydrogens (tertiary/aromatic N) is 12. The van der Waals surface area contributed by atoms with Crippen molar-refractivity contribution >= 4 is 63.7 Å². The van der Waals surface area contributed by atoms with Gasteiger partial charge in [-0.2, -0.15) is 12.9 Å². The van der Waals surface area contributed by atoms with Crippen LogP contribution < -0.4 is 47.8 Å². The molecule has 6 aliphatic heterocycles. The van der Waals surface area contributed by atoms with Gasteiger partial charge in [0, 0.05) is 174 Å². The molecule has 3 atom stereocenters. The predicted octanol–water partition coefficient (Wildman–Crippen LogP) is 8.76. The van der Waals surface area contributed by atoms with E-state index in [1.807, 2.05) is 143 Å². The lowest BCUT2D eigenvalue weighted by molar-refractivity contribution is -0.121. The van der Waals surface area contributed by atoms with Gasteiger partial charge in [0.2, 0.25) is 46.0 Å². The number of hydrogen-bond donors (Lipinski definition) is 5. The Morgan fingerprint density at radius 3 is 1.09 bits per heavy atom. The van der Waals surface area contributed by atoms with Gasteiger partial charge >= 0.3 is 17.1 Å². The van der Waals surface area contributed by atoms with Crippen LogP contribution in [0.1, 0.15) is 141 Å². The van der Waals surface area contributed by atoms with Gasteiger partial charge < -0.3 is 45.4 Å². The number of aromatic nitrogens is 6. The van der Waals surface area contributed by atoms with Gasteiger partial charge in [0.1, 0.15) is 29.4 Å². The Morgan fingerprint density at radius 1 is 0.406 bits per heavy atom. The molecule has 38 heteroatoms. The summed E-state index contributed by atoms with van der Waals surface area (Å²) in [6.45, 7) is 17.7. The molecule has 34 nitrogen and oxygen atoms in total. The number of hydrogen-bond acceptors (Lipinski definition) is 20. The van der Waals surface area contributed by atoms with Gasteiger partial charge in [-0.15, -0.1) is 0 Å². The summed E-state index contributed by atoms with van der Waals surface area (Å²) in [4.78, 5) is 105. The first kappa shape index (κ1) is 103. The van der Waals surface area contributed by atoms with E-state index in [1.54, 1.807) is 136 Å². The fourth-order valence-corrected chi connectivity index (χ4v) is 25.0. The first-order valence-corrected chi connectivity index (χ1v) is 53.8. The first-order chi connectivity index (χ1) is 66.6. The van der Waals surface area contributed by atoms with E-state index in [0.29, 0.717) is 209 Å². The van der Waals surface area contributed by atoms with Crippen LogP contribution in [0.15, 0.2) is 235 Å². The zero-order valence-electron chi connectivity index (χ0n) is 79.2. The zero-order valence-corrected chi connectivity index (χ0v) is 82.5. The summed E-state index contributed by atoms with van der Waals surface area (Å²) in [6, 6.07) is 59.1.